The molecule has 0 atom stereocenters. The monoisotopic (exact) mass is 300 g/mol. The molecule has 4 nitrogen and oxygen atoms in total. The van der Waals surface area contributed by atoms with E-state index in [2.05, 4.69) is 0 Å². The van der Waals surface area contributed by atoms with Gasteiger partial charge in [0, 0.05) is 31.5 Å². The molecule has 0 bridgehead atoms. The first-order chi connectivity index (χ1) is 9.93. The number of carbonyl (C=O) groups excluding carboxylic acids is 1. The van der Waals surface area contributed by atoms with E-state index in [-0.39, 0.29) is 37.4 Å². The Balaban J connectivity index is 3.22. The summed E-state index contributed by atoms with van der Waals surface area (Å²) < 4.78 is 44.3. The van der Waals surface area contributed by atoms with Gasteiger partial charge in [0.15, 0.2) is 0 Å². The van der Waals surface area contributed by atoms with Crippen molar-refractivity contribution in [2.45, 2.75) is 12.6 Å². The molecule has 0 saturated heterocycles. The molecule has 0 unspecified atom stereocenters. The first-order valence-electron chi connectivity index (χ1n) is 6.21. The Hall–Kier alpha value is -2.07. The van der Waals surface area contributed by atoms with Gasteiger partial charge in [-0.25, -0.2) is 0 Å². The van der Waals surface area contributed by atoms with Crippen LogP contribution in [0.1, 0.15) is 22.3 Å². The predicted octanol–water partition coefficient (Wildman–Crippen LogP) is 2.88. The van der Waals surface area contributed by atoms with Crippen LogP contribution in [0.3, 0.4) is 0 Å². The zero-order valence-electron chi connectivity index (χ0n) is 11.5. The van der Waals surface area contributed by atoms with E-state index in [1.54, 1.807) is 0 Å². The number of ether oxygens (including phenoxy) is 1. The SMILES string of the molecule is COCCN(CCC#N)c1ccc(C=O)cc1C(F)(F)F. The first kappa shape index (κ1) is 17.0. The maximum atomic E-state index is 13.1. The molecule has 21 heavy (non-hydrogen) atoms. The summed E-state index contributed by atoms with van der Waals surface area (Å²) in [6.07, 6.45) is -4.11. The van der Waals surface area contributed by atoms with E-state index in [0.29, 0.717) is 6.29 Å². The van der Waals surface area contributed by atoms with E-state index >= 15 is 0 Å². The number of aldehydes is 1. The molecule has 1 aromatic rings. The fraction of sp³-hybridized carbons (Fsp3) is 0.429. The van der Waals surface area contributed by atoms with E-state index in [4.69, 9.17) is 10.00 Å². The minimum atomic E-state index is -4.58. The molecule has 1 rings (SSSR count). The number of anilines is 1. The van der Waals surface area contributed by atoms with Crippen molar-refractivity contribution in [1.82, 2.24) is 0 Å². The lowest BCUT2D eigenvalue weighted by Crippen LogP contribution is -2.30. The Kier molecular flexibility index (Phi) is 6.18. The molecule has 0 N–H and O–H groups in total. The van der Waals surface area contributed by atoms with Crippen molar-refractivity contribution in [3.8, 4) is 6.07 Å². The van der Waals surface area contributed by atoms with Gasteiger partial charge in [-0.05, 0) is 18.2 Å². The smallest absolute Gasteiger partial charge is 0.383 e. The Bertz CT molecular complexity index is 524. The van der Waals surface area contributed by atoms with Gasteiger partial charge in [-0.3, -0.25) is 4.79 Å². The molecule has 0 amide bonds. The largest absolute Gasteiger partial charge is 0.418 e. The van der Waals surface area contributed by atoms with Crippen molar-refractivity contribution in [1.29, 1.82) is 5.26 Å². The van der Waals surface area contributed by atoms with Crippen LogP contribution < -0.4 is 4.90 Å². The lowest BCUT2D eigenvalue weighted by molar-refractivity contribution is -0.137. The topological polar surface area (TPSA) is 53.3 Å². The zero-order chi connectivity index (χ0) is 15.9. The Morgan fingerprint density at radius 1 is 1.38 bits per heavy atom. The fourth-order valence-electron chi connectivity index (χ4n) is 1.87. The van der Waals surface area contributed by atoms with Crippen LogP contribution in [-0.2, 0) is 10.9 Å². The number of alkyl halides is 3. The van der Waals surface area contributed by atoms with Crippen molar-refractivity contribution < 1.29 is 22.7 Å². The number of nitrogens with zero attached hydrogens (tertiary/aromatic N) is 2. The third-order valence-corrected chi connectivity index (χ3v) is 2.86. The van der Waals surface area contributed by atoms with Crippen LogP contribution in [0.15, 0.2) is 18.2 Å². The summed E-state index contributed by atoms with van der Waals surface area (Å²) >= 11 is 0. The van der Waals surface area contributed by atoms with Crippen molar-refractivity contribution >= 4 is 12.0 Å². The average molecular weight is 300 g/mol. The van der Waals surface area contributed by atoms with E-state index in [0.717, 1.165) is 6.07 Å². The van der Waals surface area contributed by atoms with Crippen molar-refractivity contribution in [2.24, 2.45) is 0 Å². The molecule has 0 aliphatic carbocycles. The maximum absolute atomic E-state index is 13.1. The standard InChI is InChI=1S/C14H15F3N2O2/c1-21-8-7-19(6-2-5-18)13-4-3-11(10-20)9-12(13)14(15,16)17/h3-4,9-10H,2,6-8H2,1H3. The van der Waals surface area contributed by atoms with Gasteiger partial charge in [-0.2, -0.15) is 18.4 Å². The second kappa shape index (κ2) is 7.64. The van der Waals surface area contributed by atoms with E-state index in [1.807, 2.05) is 6.07 Å². The number of halogens is 3. The summed E-state index contributed by atoms with van der Waals surface area (Å²) in [5.41, 5.74) is -0.986. The minimum absolute atomic E-state index is 0.0435. The summed E-state index contributed by atoms with van der Waals surface area (Å²) in [7, 11) is 1.45. The van der Waals surface area contributed by atoms with Crippen LogP contribution in [-0.4, -0.2) is 33.1 Å². The van der Waals surface area contributed by atoms with Crippen molar-refractivity contribution in [3.63, 3.8) is 0 Å². The summed E-state index contributed by atoms with van der Waals surface area (Å²) in [5, 5.41) is 8.62. The highest BCUT2D eigenvalue weighted by molar-refractivity contribution is 5.77. The number of carbonyl (C=O) groups is 1. The third kappa shape index (κ3) is 4.76. The lowest BCUT2D eigenvalue weighted by atomic mass is 10.1. The quantitative estimate of drug-likeness (QED) is 0.727. The number of nitriles is 1. The van der Waals surface area contributed by atoms with Crippen LogP contribution in [0.5, 0.6) is 0 Å². The highest BCUT2D eigenvalue weighted by atomic mass is 19.4. The summed E-state index contributed by atoms with van der Waals surface area (Å²) in [5.74, 6) is 0. The van der Waals surface area contributed by atoms with Gasteiger partial charge in [-0.15, -0.1) is 0 Å². The molecule has 0 aliphatic heterocycles. The maximum Gasteiger partial charge on any atom is 0.418 e. The number of benzene rings is 1. The van der Waals surface area contributed by atoms with Crippen molar-refractivity contribution in [3.05, 3.63) is 29.3 Å². The Morgan fingerprint density at radius 3 is 2.62 bits per heavy atom. The first-order valence-corrected chi connectivity index (χ1v) is 6.21. The van der Waals surface area contributed by atoms with E-state index in [1.165, 1.54) is 24.1 Å². The molecule has 0 saturated carbocycles. The number of hydrogen-bond acceptors (Lipinski definition) is 4. The second-order valence-corrected chi connectivity index (χ2v) is 4.28. The fourth-order valence-corrected chi connectivity index (χ4v) is 1.87. The molecule has 0 aromatic heterocycles. The van der Waals surface area contributed by atoms with Gasteiger partial charge in [0.05, 0.1) is 24.7 Å². The predicted molar refractivity (Wildman–Crippen MR) is 71.2 cm³/mol. The molecule has 0 radical (unpaired) electrons. The third-order valence-electron chi connectivity index (χ3n) is 2.86. The minimum Gasteiger partial charge on any atom is -0.383 e. The highest BCUT2D eigenvalue weighted by Crippen LogP contribution is 2.37. The second-order valence-electron chi connectivity index (χ2n) is 4.28. The zero-order valence-corrected chi connectivity index (χ0v) is 11.5. The van der Waals surface area contributed by atoms with Crippen LogP contribution >= 0.6 is 0 Å². The van der Waals surface area contributed by atoms with Crippen LogP contribution in [0.25, 0.3) is 0 Å². The molecule has 0 heterocycles. The van der Waals surface area contributed by atoms with Gasteiger partial charge >= 0.3 is 6.18 Å². The number of hydrogen-bond donors (Lipinski definition) is 0. The van der Waals surface area contributed by atoms with Gasteiger partial charge in [-0.1, -0.05) is 0 Å². The van der Waals surface area contributed by atoms with Crippen LogP contribution in [0, 0.1) is 11.3 Å². The number of rotatable bonds is 7. The summed E-state index contributed by atoms with van der Waals surface area (Å²) in [6, 6.07) is 5.29. The molecular weight excluding hydrogens is 285 g/mol. The molecule has 114 valence electrons. The summed E-state index contributed by atoms with van der Waals surface area (Å²) in [6.45, 7) is 0.614. The van der Waals surface area contributed by atoms with Gasteiger partial charge < -0.3 is 9.64 Å². The molecule has 7 heteroatoms. The van der Waals surface area contributed by atoms with Crippen LogP contribution in [0.2, 0.25) is 0 Å². The lowest BCUT2D eigenvalue weighted by Gasteiger charge is -2.27. The molecule has 1 aromatic carbocycles. The normalized spacial score (nSPS) is 11.0. The van der Waals surface area contributed by atoms with Crippen LogP contribution in [0.4, 0.5) is 18.9 Å². The van der Waals surface area contributed by atoms with Gasteiger partial charge in [0.1, 0.15) is 6.29 Å². The van der Waals surface area contributed by atoms with Gasteiger partial charge in [0.25, 0.3) is 0 Å². The molecule has 0 aliphatic rings. The molecule has 0 spiro atoms. The average Bonchev–Trinajstić information content (AvgIpc) is 2.46. The number of methoxy groups -OCH3 is 1. The van der Waals surface area contributed by atoms with E-state index in [9.17, 15) is 18.0 Å². The Morgan fingerprint density at radius 2 is 2.10 bits per heavy atom. The summed E-state index contributed by atoms with van der Waals surface area (Å²) in [4.78, 5) is 12.1. The molecular formula is C14H15F3N2O2. The molecule has 0 fully saturated rings. The van der Waals surface area contributed by atoms with Crippen molar-refractivity contribution in [2.75, 3.05) is 31.7 Å². The van der Waals surface area contributed by atoms with Gasteiger partial charge in [0.2, 0.25) is 0 Å². The van der Waals surface area contributed by atoms with E-state index < -0.39 is 11.7 Å². The Labute approximate surface area is 120 Å². The highest BCUT2D eigenvalue weighted by Gasteiger charge is 2.35.